The minimum absolute atomic E-state index is 0.279. The minimum Gasteiger partial charge on any atom is -0.464 e. The Kier molecular flexibility index (Phi) is 4.28. The molecule has 3 aromatic rings. The fourth-order valence-corrected chi connectivity index (χ4v) is 3.62. The van der Waals surface area contributed by atoms with Crippen molar-refractivity contribution < 1.29 is 17.2 Å². The molecule has 0 fully saturated rings. The summed E-state index contributed by atoms with van der Waals surface area (Å²) in [6.45, 7) is 1.78. The summed E-state index contributed by atoms with van der Waals surface area (Å²) in [5.74, 6) is -0.0232. The molecule has 0 aliphatic heterocycles. The Balaban J connectivity index is 2.16. The number of rotatable bonds is 4. The summed E-state index contributed by atoms with van der Waals surface area (Å²) in [5.41, 5.74) is 2.48. The normalized spacial score (nSPS) is 11.6. The van der Waals surface area contributed by atoms with E-state index in [1.807, 2.05) is 18.2 Å². The number of benzene rings is 2. The first-order chi connectivity index (χ1) is 11.4. The molecule has 0 saturated carbocycles. The molecule has 0 atom stereocenters. The first kappa shape index (κ1) is 16.5. The van der Waals surface area contributed by atoms with Crippen molar-refractivity contribution in [1.29, 1.82) is 0 Å². The highest BCUT2D eigenvalue weighted by molar-refractivity contribution is 7.90. The molecule has 0 N–H and O–H groups in total. The molecular weight excluding hydrogens is 327 g/mol. The van der Waals surface area contributed by atoms with E-state index in [9.17, 15) is 12.8 Å². The SMILES string of the molecule is C[CH]c1cc(F)c(S(C)(=O)=O)c(-c2ccc(-c3ccco3)cc2)c1. The molecule has 1 aromatic heterocycles. The van der Waals surface area contributed by atoms with Crippen LogP contribution in [0.25, 0.3) is 22.5 Å². The van der Waals surface area contributed by atoms with Crippen LogP contribution in [0.3, 0.4) is 0 Å². The largest absolute Gasteiger partial charge is 0.464 e. The van der Waals surface area contributed by atoms with E-state index in [-0.39, 0.29) is 4.90 Å². The summed E-state index contributed by atoms with van der Waals surface area (Å²) < 4.78 is 43.8. The molecule has 24 heavy (non-hydrogen) atoms. The second-order valence-corrected chi connectivity index (χ2v) is 7.45. The Morgan fingerprint density at radius 1 is 1.04 bits per heavy atom. The van der Waals surface area contributed by atoms with Gasteiger partial charge in [0.15, 0.2) is 9.84 Å². The van der Waals surface area contributed by atoms with Gasteiger partial charge in [0.1, 0.15) is 16.5 Å². The van der Waals surface area contributed by atoms with Gasteiger partial charge in [0, 0.05) is 17.4 Å². The molecular formula is C19H16FO3S. The molecule has 3 nitrogen and oxygen atoms in total. The Bertz CT molecular complexity index is 957. The van der Waals surface area contributed by atoms with Crippen molar-refractivity contribution >= 4 is 9.84 Å². The fourth-order valence-electron chi connectivity index (χ4n) is 2.63. The zero-order valence-electron chi connectivity index (χ0n) is 13.3. The van der Waals surface area contributed by atoms with E-state index < -0.39 is 15.7 Å². The third kappa shape index (κ3) is 3.12. The molecule has 1 heterocycles. The minimum atomic E-state index is -3.70. The predicted molar refractivity (Wildman–Crippen MR) is 91.7 cm³/mol. The van der Waals surface area contributed by atoms with Crippen LogP contribution in [0.5, 0.6) is 0 Å². The van der Waals surface area contributed by atoms with Gasteiger partial charge in [-0.1, -0.05) is 31.2 Å². The topological polar surface area (TPSA) is 47.3 Å². The lowest BCUT2D eigenvalue weighted by molar-refractivity contribution is 0.571. The number of hydrogen-bond donors (Lipinski definition) is 0. The quantitative estimate of drug-likeness (QED) is 0.688. The molecule has 5 heteroatoms. The van der Waals surface area contributed by atoms with Crippen LogP contribution in [0, 0.1) is 12.2 Å². The maximum Gasteiger partial charge on any atom is 0.179 e. The fraction of sp³-hybridized carbons (Fsp3) is 0.105. The average molecular weight is 343 g/mol. The van der Waals surface area contributed by atoms with Crippen molar-refractivity contribution in [2.24, 2.45) is 0 Å². The Morgan fingerprint density at radius 3 is 2.25 bits per heavy atom. The summed E-state index contributed by atoms with van der Waals surface area (Å²) in [5, 5.41) is 0. The third-order valence-corrected chi connectivity index (χ3v) is 4.93. The molecule has 0 aliphatic rings. The second kappa shape index (κ2) is 6.24. The average Bonchev–Trinajstić information content (AvgIpc) is 3.07. The van der Waals surface area contributed by atoms with Crippen molar-refractivity contribution in [3.63, 3.8) is 0 Å². The van der Waals surface area contributed by atoms with Gasteiger partial charge < -0.3 is 4.42 Å². The first-order valence-corrected chi connectivity index (χ1v) is 9.26. The molecule has 0 amide bonds. The van der Waals surface area contributed by atoms with Crippen molar-refractivity contribution in [3.8, 4) is 22.5 Å². The molecule has 0 aliphatic carbocycles. The number of hydrogen-bond acceptors (Lipinski definition) is 3. The Morgan fingerprint density at radius 2 is 1.71 bits per heavy atom. The van der Waals surface area contributed by atoms with Crippen molar-refractivity contribution in [2.75, 3.05) is 6.26 Å². The summed E-state index contributed by atoms with van der Waals surface area (Å²) in [7, 11) is -3.70. The summed E-state index contributed by atoms with van der Waals surface area (Å²) in [6.07, 6.45) is 4.33. The number of sulfone groups is 1. The highest BCUT2D eigenvalue weighted by atomic mass is 32.2. The van der Waals surface area contributed by atoms with Gasteiger partial charge in [0.05, 0.1) is 6.26 Å². The van der Waals surface area contributed by atoms with E-state index in [0.717, 1.165) is 11.8 Å². The maximum absolute atomic E-state index is 14.4. The molecule has 123 valence electrons. The van der Waals surface area contributed by atoms with E-state index in [0.29, 0.717) is 22.5 Å². The Labute approximate surface area is 140 Å². The van der Waals surface area contributed by atoms with E-state index in [4.69, 9.17) is 4.42 Å². The van der Waals surface area contributed by atoms with Crippen LogP contribution >= 0.6 is 0 Å². The zero-order chi connectivity index (χ0) is 17.3. The third-order valence-electron chi connectivity index (χ3n) is 3.77. The smallest absolute Gasteiger partial charge is 0.179 e. The monoisotopic (exact) mass is 343 g/mol. The predicted octanol–water partition coefficient (Wildman–Crippen LogP) is 4.73. The summed E-state index contributed by atoms with van der Waals surface area (Å²) >= 11 is 0. The molecule has 1 radical (unpaired) electrons. The van der Waals surface area contributed by atoms with Crippen LogP contribution in [-0.4, -0.2) is 14.7 Å². The first-order valence-electron chi connectivity index (χ1n) is 7.37. The molecule has 3 rings (SSSR count). The highest BCUT2D eigenvalue weighted by Crippen LogP contribution is 2.33. The van der Waals surface area contributed by atoms with Gasteiger partial charge in [-0.2, -0.15) is 0 Å². The lowest BCUT2D eigenvalue weighted by atomic mass is 10.00. The molecule has 0 unspecified atom stereocenters. The van der Waals surface area contributed by atoms with Gasteiger partial charge in [-0.3, -0.25) is 0 Å². The van der Waals surface area contributed by atoms with Crippen LogP contribution in [0.1, 0.15) is 12.5 Å². The second-order valence-electron chi connectivity index (χ2n) is 5.49. The van der Waals surface area contributed by atoms with Gasteiger partial charge in [-0.15, -0.1) is 0 Å². The zero-order valence-corrected chi connectivity index (χ0v) is 14.1. The molecule has 0 spiro atoms. The summed E-state index contributed by atoms with van der Waals surface area (Å²) in [4.78, 5) is -0.279. The molecule has 0 bridgehead atoms. The molecule has 2 aromatic carbocycles. The van der Waals surface area contributed by atoms with E-state index in [1.54, 1.807) is 43.9 Å². The van der Waals surface area contributed by atoms with Crippen LogP contribution in [-0.2, 0) is 9.84 Å². The van der Waals surface area contributed by atoms with Gasteiger partial charge in [-0.25, -0.2) is 12.8 Å². The van der Waals surface area contributed by atoms with Crippen molar-refractivity contribution in [1.82, 2.24) is 0 Å². The highest BCUT2D eigenvalue weighted by Gasteiger charge is 2.21. The van der Waals surface area contributed by atoms with Crippen LogP contribution < -0.4 is 0 Å². The van der Waals surface area contributed by atoms with Crippen LogP contribution in [0.4, 0.5) is 4.39 Å². The lowest BCUT2D eigenvalue weighted by Crippen LogP contribution is -2.04. The lowest BCUT2D eigenvalue weighted by Gasteiger charge is -2.12. The number of furan rings is 1. The molecule has 0 saturated heterocycles. The van der Waals surface area contributed by atoms with Crippen LogP contribution in [0.15, 0.2) is 64.1 Å². The van der Waals surface area contributed by atoms with Crippen molar-refractivity contribution in [3.05, 3.63) is 72.6 Å². The van der Waals surface area contributed by atoms with E-state index >= 15 is 0 Å². The van der Waals surface area contributed by atoms with E-state index in [2.05, 4.69) is 0 Å². The standard InChI is InChI=1S/C19H16FO3S/c1-3-13-11-16(19(17(20)12-13)24(2,21)22)14-6-8-15(9-7-14)18-5-4-10-23-18/h3-12H,1-2H3. The van der Waals surface area contributed by atoms with Gasteiger partial charge in [0.25, 0.3) is 0 Å². The van der Waals surface area contributed by atoms with Gasteiger partial charge in [-0.05, 0) is 41.8 Å². The maximum atomic E-state index is 14.4. The van der Waals surface area contributed by atoms with Gasteiger partial charge in [0.2, 0.25) is 0 Å². The number of halogens is 1. The van der Waals surface area contributed by atoms with Crippen molar-refractivity contribution in [2.45, 2.75) is 11.8 Å². The Hall–Kier alpha value is -2.40. The van der Waals surface area contributed by atoms with Crippen LogP contribution in [0.2, 0.25) is 0 Å². The van der Waals surface area contributed by atoms with Gasteiger partial charge >= 0.3 is 0 Å². The van der Waals surface area contributed by atoms with E-state index in [1.165, 1.54) is 6.07 Å². The summed E-state index contributed by atoms with van der Waals surface area (Å²) in [6, 6.07) is 13.7.